The van der Waals surface area contributed by atoms with Gasteiger partial charge in [-0.2, -0.15) is 0 Å². The summed E-state index contributed by atoms with van der Waals surface area (Å²) in [5, 5.41) is 3.10. The monoisotopic (exact) mass is 578 g/mol. The van der Waals surface area contributed by atoms with Crippen LogP contribution in [0, 0.1) is 0 Å². The Morgan fingerprint density at radius 2 is 1.61 bits per heavy atom. The van der Waals surface area contributed by atoms with E-state index in [-0.39, 0.29) is 36.4 Å². The Balaban J connectivity index is 1.95. The van der Waals surface area contributed by atoms with Gasteiger partial charge in [0.15, 0.2) is 6.61 Å². The minimum atomic E-state index is -0.695. The van der Waals surface area contributed by atoms with Crippen molar-refractivity contribution in [1.82, 2.24) is 10.2 Å². The van der Waals surface area contributed by atoms with E-state index in [2.05, 4.69) is 42.0 Å². The van der Waals surface area contributed by atoms with Crippen molar-refractivity contribution in [3.05, 3.63) is 100 Å². The molecule has 0 heterocycles. The standard InChI is InChI=1S/C32H39BrN2O3/c1-6-23(2)34-31(37)28(20-24-13-8-7-9-14-24)35(21-25-15-12-16-26(33)19-25)30(36)22-38-29-18-11-10-17-27(29)32(3,4)5/h7-19,23,28H,6,20-22H2,1-5H3,(H,34,37)/t23-,28-/m1/s1. The summed E-state index contributed by atoms with van der Waals surface area (Å²) in [5.74, 6) is 0.273. The SMILES string of the molecule is CC[C@@H](C)NC(=O)[C@@H](Cc1ccccc1)N(Cc1cccc(Br)c1)C(=O)COc1ccccc1C(C)(C)C. The van der Waals surface area contributed by atoms with Gasteiger partial charge in [0, 0.05) is 23.5 Å². The van der Waals surface area contributed by atoms with Gasteiger partial charge in [-0.1, -0.05) is 104 Å². The largest absolute Gasteiger partial charge is 0.483 e. The quantitative estimate of drug-likeness (QED) is 0.276. The summed E-state index contributed by atoms with van der Waals surface area (Å²) in [6.45, 7) is 10.5. The predicted octanol–water partition coefficient (Wildman–Crippen LogP) is 6.68. The third kappa shape index (κ3) is 8.45. The van der Waals surface area contributed by atoms with Gasteiger partial charge in [0.1, 0.15) is 11.8 Å². The van der Waals surface area contributed by atoms with Gasteiger partial charge in [0.2, 0.25) is 5.91 Å². The van der Waals surface area contributed by atoms with Crippen LogP contribution in [0.5, 0.6) is 5.75 Å². The fourth-order valence-corrected chi connectivity index (χ4v) is 4.71. The molecule has 5 nitrogen and oxygen atoms in total. The van der Waals surface area contributed by atoms with E-state index >= 15 is 0 Å². The summed E-state index contributed by atoms with van der Waals surface area (Å²) >= 11 is 3.53. The van der Waals surface area contributed by atoms with Crippen LogP contribution in [0.1, 0.15) is 57.7 Å². The molecule has 2 atom stereocenters. The van der Waals surface area contributed by atoms with E-state index in [0.29, 0.717) is 12.2 Å². The maximum Gasteiger partial charge on any atom is 0.261 e. The molecule has 0 aliphatic rings. The van der Waals surface area contributed by atoms with Crippen LogP contribution in [0.15, 0.2) is 83.3 Å². The van der Waals surface area contributed by atoms with Gasteiger partial charge in [-0.15, -0.1) is 0 Å². The smallest absolute Gasteiger partial charge is 0.261 e. The fourth-order valence-electron chi connectivity index (χ4n) is 4.26. The average Bonchev–Trinajstić information content (AvgIpc) is 2.89. The van der Waals surface area contributed by atoms with Crippen LogP contribution in [-0.2, 0) is 28.0 Å². The van der Waals surface area contributed by atoms with Crippen molar-refractivity contribution < 1.29 is 14.3 Å². The highest BCUT2D eigenvalue weighted by Crippen LogP contribution is 2.31. The number of hydrogen-bond donors (Lipinski definition) is 1. The molecule has 202 valence electrons. The zero-order valence-corrected chi connectivity index (χ0v) is 24.6. The number of benzene rings is 3. The fraction of sp³-hybridized carbons (Fsp3) is 0.375. The van der Waals surface area contributed by atoms with E-state index in [1.54, 1.807) is 4.90 Å². The van der Waals surface area contributed by atoms with E-state index in [9.17, 15) is 9.59 Å². The highest BCUT2D eigenvalue weighted by atomic mass is 79.9. The van der Waals surface area contributed by atoms with E-state index in [1.165, 1.54) is 0 Å². The second-order valence-corrected chi connectivity index (χ2v) is 11.6. The Morgan fingerprint density at radius 3 is 2.26 bits per heavy atom. The van der Waals surface area contributed by atoms with Crippen molar-refractivity contribution in [3.63, 3.8) is 0 Å². The molecule has 0 bridgehead atoms. The van der Waals surface area contributed by atoms with E-state index in [0.717, 1.165) is 27.6 Å². The lowest BCUT2D eigenvalue weighted by atomic mass is 9.86. The number of halogens is 1. The molecule has 0 fully saturated rings. The van der Waals surface area contributed by atoms with Crippen LogP contribution >= 0.6 is 15.9 Å². The summed E-state index contributed by atoms with van der Waals surface area (Å²) in [5.41, 5.74) is 2.81. The molecule has 3 aromatic rings. The van der Waals surface area contributed by atoms with Crippen molar-refractivity contribution in [2.45, 2.75) is 71.5 Å². The van der Waals surface area contributed by atoms with Gasteiger partial charge < -0.3 is 15.0 Å². The van der Waals surface area contributed by atoms with Gasteiger partial charge in [-0.3, -0.25) is 9.59 Å². The molecule has 3 aromatic carbocycles. The molecule has 0 saturated heterocycles. The van der Waals surface area contributed by atoms with Gasteiger partial charge in [0.25, 0.3) is 5.91 Å². The number of carbonyl (C=O) groups excluding carboxylic acids is 2. The van der Waals surface area contributed by atoms with Crippen molar-refractivity contribution in [3.8, 4) is 5.75 Å². The Kier molecular flexibility index (Phi) is 10.5. The topological polar surface area (TPSA) is 58.6 Å². The zero-order chi connectivity index (χ0) is 27.7. The van der Waals surface area contributed by atoms with E-state index in [4.69, 9.17) is 4.74 Å². The maximum atomic E-state index is 13.9. The molecular formula is C32H39BrN2O3. The molecular weight excluding hydrogens is 540 g/mol. The van der Waals surface area contributed by atoms with Crippen LogP contribution in [0.4, 0.5) is 0 Å². The van der Waals surface area contributed by atoms with Crippen LogP contribution < -0.4 is 10.1 Å². The lowest BCUT2D eigenvalue weighted by molar-refractivity contribution is -0.143. The first-order valence-corrected chi connectivity index (χ1v) is 14.0. The Labute approximate surface area is 235 Å². The number of nitrogens with zero attached hydrogens (tertiary/aromatic N) is 1. The van der Waals surface area contributed by atoms with E-state index < -0.39 is 6.04 Å². The number of ether oxygens (including phenoxy) is 1. The summed E-state index contributed by atoms with van der Waals surface area (Å²) < 4.78 is 7.04. The normalized spacial score (nSPS) is 12.9. The van der Waals surface area contributed by atoms with Crippen molar-refractivity contribution in [2.75, 3.05) is 6.61 Å². The lowest BCUT2D eigenvalue weighted by Gasteiger charge is -2.32. The van der Waals surface area contributed by atoms with E-state index in [1.807, 2.05) is 92.7 Å². The molecule has 38 heavy (non-hydrogen) atoms. The highest BCUT2D eigenvalue weighted by molar-refractivity contribution is 9.10. The molecule has 0 radical (unpaired) electrons. The predicted molar refractivity (Wildman–Crippen MR) is 157 cm³/mol. The van der Waals surface area contributed by atoms with Gasteiger partial charge in [-0.05, 0) is 53.6 Å². The molecule has 0 aliphatic carbocycles. The van der Waals surface area contributed by atoms with Gasteiger partial charge >= 0.3 is 0 Å². The average molecular weight is 580 g/mol. The number of rotatable bonds is 11. The Bertz CT molecular complexity index is 1210. The van der Waals surface area contributed by atoms with Crippen LogP contribution in [0.2, 0.25) is 0 Å². The molecule has 0 unspecified atom stereocenters. The van der Waals surface area contributed by atoms with Crippen LogP contribution in [0.3, 0.4) is 0 Å². The zero-order valence-electron chi connectivity index (χ0n) is 23.0. The summed E-state index contributed by atoms with van der Waals surface area (Å²) in [6, 6.07) is 24.7. The lowest BCUT2D eigenvalue weighted by Crippen LogP contribution is -2.53. The molecule has 1 N–H and O–H groups in total. The van der Waals surface area contributed by atoms with Crippen LogP contribution in [-0.4, -0.2) is 35.4 Å². The highest BCUT2D eigenvalue weighted by Gasteiger charge is 2.31. The second kappa shape index (κ2) is 13.6. The summed E-state index contributed by atoms with van der Waals surface area (Å²) in [6.07, 6.45) is 1.21. The third-order valence-electron chi connectivity index (χ3n) is 6.56. The molecule has 0 aromatic heterocycles. The van der Waals surface area contributed by atoms with Crippen LogP contribution in [0.25, 0.3) is 0 Å². The first kappa shape index (κ1) is 29.4. The molecule has 3 rings (SSSR count). The number of carbonyl (C=O) groups is 2. The molecule has 2 amide bonds. The first-order chi connectivity index (χ1) is 18.1. The minimum absolute atomic E-state index is 0.00138. The van der Waals surface area contributed by atoms with Gasteiger partial charge in [0.05, 0.1) is 0 Å². The molecule has 0 spiro atoms. The second-order valence-electron chi connectivity index (χ2n) is 10.7. The van der Waals surface area contributed by atoms with Crippen molar-refractivity contribution in [1.29, 1.82) is 0 Å². The van der Waals surface area contributed by atoms with Crippen molar-refractivity contribution >= 4 is 27.7 Å². The van der Waals surface area contributed by atoms with Crippen molar-refractivity contribution in [2.24, 2.45) is 0 Å². The number of nitrogens with one attached hydrogen (secondary N) is 1. The maximum absolute atomic E-state index is 13.9. The number of hydrogen-bond acceptors (Lipinski definition) is 3. The Hall–Kier alpha value is -3.12. The number of amides is 2. The third-order valence-corrected chi connectivity index (χ3v) is 7.05. The molecule has 0 saturated carbocycles. The minimum Gasteiger partial charge on any atom is -0.483 e. The number of para-hydroxylation sites is 1. The molecule has 0 aliphatic heterocycles. The Morgan fingerprint density at radius 1 is 0.947 bits per heavy atom. The first-order valence-electron chi connectivity index (χ1n) is 13.2. The summed E-state index contributed by atoms with van der Waals surface area (Å²) in [7, 11) is 0. The molecule has 6 heteroatoms. The van der Waals surface area contributed by atoms with Gasteiger partial charge in [-0.25, -0.2) is 0 Å². The summed E-state index contributed by atoms with van der Waals surface area (Å²) in [4.78, 5) is 29.2.